The number of imidazole rings is 1. The van der Waals surface area contributed by atoms with Crippen molar-refractivity contribution in [3.8, 4) is 11.4 Å². The molecule has 0 radical (unpaired) electrons. The van der Waals surface area contributed by atoms with E-state index in [2.05, 4.69) is 20.6 Å². The summed E-state index contributed by atoms with van der Waals surface area (Å²) < 4.78 is 13.4. The van der Waals surface area contributed by atoms with Gasteiger partial charge in [-0.25, -0.2) is 9.37 Å². The van der Waals surface area contributed by atoms with Crippen LogP contribution in [0.5, 0.6) is 0 Å². The Kier molecular flexibility index (Phi) is 5.15. The fraction of sp³-hybridized carbons (Fsp3) is 0.160. The molecule has 0 fully saturated rings. The highest BCUT2D eigenvalue weighted by atomic mass is 19.1. The van der Waals surface area contributed by atoms with Gasteiger partial charge in [0.25, 0.3) is 0 Å². The summed E-state index contributed by atoms with van der Waals surface area (Å²) in [7, 11) is 0. The third-order valence-corrected chi connectivity index (χ3v) is 5.72. The Labute approximate surface area is 183 Å². The van der Waals surface area contributed by atoms with E-state index in [-0.39, 0.29) is 30.0 Å². The SMILES string of the molecule is O=C(CCC1Cc2ccccc2NC1=O)Nc1ccc(-c2nc3ccc(F)cc3[nH]2)cc1. The maximum absolute atomic E-state index is 13.4. The molecule has 0 aliphatic carbocycles. The van der Waals surface area contributed by atoms with Crippen molar-refractivity contribution < 1.29 is 14.0 Å². The molecule has 3 aromatic carbocycles. The Morgan fingerprint density at radius 2 is 1.91 bits per heavy atom. The highest BCUT2D eigenvalue weighted by Crippen LogP contribution is 2.28. The van der Waals surface area contributed by atoms with E-state index in [0.717, 1.165) is 16.8 Å². The summed E-state index contributed by atoms with van der Waals surface area (Å²) in [5.41, 5.74) is 4.77. The van der Waals surface area contributed by atoms with Crippen LogP contribution in [0.25, 0.3) is 22.4 Å². The van der Waals surface area contributed by atoms with Gasteiger partial charge in [0, 0.05) is 29.3 Å². The van der Waals surface area contributed by atoms with Crippen LogP contribution in [0.3, 0.4) is 0 Å². The van der Waals surface area contributed by atoms with Crippen molar-refractivity contribution in [3.05, 3.63) is 78.1 Å². The van der Waals surface area contributed by atoms with Gasteiger partial charge in [0.05, 0.1) is 11.0 Å². The Hall–Kier alpha value is -4.00. The van der Waals surface area contributed by atoms with E-state index in [1.807, 2.05) is 36.4 Å². The predicted octanol–water partition coefficient (Wildman–Crippen LogP) is 4.90. The Morgan fingerprint density at radius 3 is 2.75 bits per heavy atom. The number of halogens is 1. The summed E-state index contributed by atoms with van der Waals surface area (Å²) in [5.74, 6) is -0.0705. The monoisotopic (exact) mass is 428 g/mol. The van der Waals surface area contributed by atoms with Crippen LogP contribution >= 0.6 is 0 Å². The zero-order valence-corrected chi connectivity index (χ0v) is 17.2. The highest BCUT2D eigenvalue weighted by Gasteiger charge is 2.26. The molecule has 1 aromatic heterocycles. The van der Waals surface area contributed by atoms with E-state index in [9.17, 15) is 14.0 Å². The van der Waals surface area contributed by atoms with E-state index < -0.39 is 0 Å². The Bertz CT molecular complexity index is 1310. The minimum absolute atomic E-state index is 0.0356. The van der Waals surface area contributed by atoms with Crippen LogP contribution < -0.4 is 10.6 Å². The van der Waals surface area contributed by atoms with Gasteiger partial charge >= 0.3 is 0 Å². The van der Waals surface area contributed by atoms with Gasteiger partial charge in [-0.15, -0.1) is 0 Å². The first-order valence-electron chi connectivity index (χ1n) is 10.5. The van der Waals surface area contributed by atoms with E-state index in [0.29, 0.717) is 35.4 Å². The largest absolute Gasteiger partial charge is 0.338 e. The van der Waals surface area contributed by atoms with E-state index in [4.69, 9.17) is 0 Å². The number of hydrogen-bond donors (Lipinski definition) is 3. The van der Waals surface area contributed by atoms with Gasteiger partial charge in [-0.2, -0.15) is 0 Å². The lowest BCUT2D eigenvalue weighted by Gasteiger charge is -2.24. The van der Waals surface area contributed by atoms with Crippen LogP contribution in [-0.2, 0) is 16.0 Å². The molecule has 7 heteroatoms. The van der Waals surface area contributed by atoms with Crippen molar-refractivity contribution in [1.29, 1.82) is 0 Å². The van der Waals surface area contributed by atoms with Gasteiger partial charge in [-0.3, -0.25) is 9.59 Å². The number of anilines is 2. The second kappa shape index (κ2) is 8.26. The summed E-state index contributed by atoms with van der Waals surface area (Å²) in [6.07, 6.45) is 1.39. The Balaban J connectivity index is 1.19. The third-order valence-electron chi connectivity index (χ3n) is 5.72. The van der Waals surface area contributed by atoms with Crippen LogP contribution in [0.4, 0.5) is 15.8 Å². The fourth-order valence-corrected chi connectivity index (χ4v) is 4.01. The molecular weight excluding hydrogens is 407 g/mol. The highest BCUT2D eigenvalue weighted by molar-refractivity contribution is 5.96. The van der Waals surface area contributed by atoms with Gasteiger partial charge in [0.1, 0.15) is 11.6 Å². The maximum atomic E-state index is 13.4. The molecule has 0 spiro atoms. The number of nitrogens with one attached hydrogen (secondary N) is 3. The molecule has 5 rings (SSSR count). The molecule has 6 nitrogen and oxygen atoms in total. The zero-order chi connectivity index (χ0) is 22.1. The summed E-state index contributed by atoms with van der Waals surface area (Å²) in [6, 6.07) is 19.4. The number of H-pyrrole nitrogens is 1. The van der Waals surface area contributed by atoms with Crippen molar-refractivity contribution in [2.45, 2.75) is 19.3 Å². The number of hydrogen-bond acceptors (Lipinski definition) is 3. The molecule has 0 bridgehead atoms. The second-order valence-corrected chi connectivity index (χ2v) is 7.96. The number of aromatic amines is 1. The zero-order valence-electron chi connectivity index (χ0n) is 17.2. The van der Waals surface area contributed by atoms with Crippen molar-refractivity contribution in [1.82, 2.24) is 9.97 Å². The summed E-state index contributed by atoms with van der Waals surface area (Å²) in [6.45, 7) is 0. The number of carbonyl (C=O) groups is 2. The molecule has 1 unspecified atom stereocenters. The number of nitrogens with zero attached hydrogens (tertiary/aromatic N) is 1. The average molecular weight is 428 g/mol. The van der Waals surface area contributed by atoms with E-state index in [1.54, 1.807) is 18.2 Å². The molecule has 1 aliphatic rings. The number of fused-ring (bicyclic) bond motifs is 2. The predicted molar refractivity (Wildman–Crippen MR) is 122 cm³/mol. The van der Waals surface area contributed by atoms with E-state index in [1.165, 1.54) is 12.1 Å². The standard InChI is InChI=1S/C25H21FN4O2/c26-18-8-11-21-22(14-18)29-24(28-21)15-5-9-19(10-6-15)27-23(31)12-7-17-13-16-3-1-2-4-20(16)30-25(17)32/h1-6,8-11,14,17H,7,12-13H2,(H,27,31)(H,28,29)(H,30,32). The van der Waals surface area contributed by atoms with Crippen LogP contribution in [-0.4, -0.2) is 21.8 Å². The van der Waals surface area contributed by atoms with Crippen molar-refractivity contribution in [3.63, 3.8) is 0 Å². The first-order valence-corrected chi connectivity index (χ1v) is 10.5. The lowest BCUT2D eigenvalue weighted by molar-refractivity contribution is -0.121. The fourth-order valence-electron chi connectivity index (χ4n) is 4.01. The van der Waals surface area contributed by atoms with Crippen LogP contribution in [0.1, 0.15) is 18.4 Å². The van der Waals surface area contributed by atoms with Crippen LogP contribution in [0.15, 0.2) is 66.7 Å². The normalized spacial score (nSPS) is 15.3. The molecule has 160 valence electrons. The second-order valence-electron chi connectivity index (χ2n) is 7.96. The first kappa shape index (κ1) is 19.9. The molecule has 32 heavy (non-hydrogen) atoms. The number of benzene rings is 3. The number of aromatic nitrogens is 2. The lowest BCUT2D eigenvalue weighted by atomic mass is 9.89. The first-order chi connectivity index (χ1) is 15.5. The molecule has 0 saturated heterocycles. The minimum Gasteiger partial charge on any atom is -0.338 e. The van der Waals surface area contributed by atoms with Gasteiger partial charge in [-0.05, 0) is 66.9 Å². The molecule has 1 atom stereocenters. The number of rotatable bonds is 5. The van der Waals surface area contributed by atoms with Gasteiger partial charge in [0.15, 0.2) is 0 Å². The van der Waals surface area contributed by atoms with E-state index >= 15 is 0 Å². The van der Waals surface area contributed by atoms with Gasteiger partial charge < -0.3 is 15.6 Å². The molecule has 4 aromatic rings. The molecular formula is C25H21FN4O2. The molecule has 0 saturated carbocycles. The molecule has 2 heterocycles. The van der Waals surface area contributed by atoms with Crippen molar-refractivity contribution in [2.75, 3.05) is 10.6 Å². The lowest BCUT2D eigenvalue weighted by Crippen LogP contribution is -2.30. The molecule has 1 aliphatic heterocycles. The Morgan fingerprint density at radius 1 is 1.09 bits per heavy atom. The summed E-state index contributed by atoms with van der Waals surface area (Å²) in [4.78, 5) is 32.3. The quantitative estimate of drug-likeness (QED) is 0.423. The maximum Gasteiger partial charge on any atom is 0.227 e. The molecule has 2 amide bonds. The van der Waals surface area contributed by atoms with Gasteiger partial charge in [-0.1, -0.05) is 18.2 Å². The topological polar surface area (TPSA) is 86.9 Å². The average Bonchev–Trinajstić information content (AvgIpc) is 3.21. The van der Waals surface area contributed by atoms with Crippen molar-refractivity contribution in [2.24, 2.45) is 5.92 Å². The smallest absolute Gasteiger partial charge is 0.227 e. The minimum atomic E-state index is -0.319. The van der Waals surface area contributed by atoms with Gasteiger partial charge in [0.2, 0.25) is 11.8 Å². The van der Waals surface area contributed by atoms with Crippen LogP contribution in [0, 0.1) is 11.7 Å². The number of carbonyl (C=O) groups excluding carboxylic acids is 2. The van der Waals surface area contributed by atoms with Crippen LogP contribution in [0.2, 0.25) is 0 Å². The molecule has 3 N–H and O–H groups in total. The van der Waals surface area contributed by atoms with Crippen molar-refractivity contribution >= 4 is 34.2 Å². The third kappa shape index (κ3) is 4.09. The number of amides is 2. The summed E-state index contributed by atoms with van der Waals surface area (Å²) >= 11 is 0. The number of para-hydroxylation sites is 1. The summed E-state index contributed by atoms with van der Waals surface area (Å²) in [5, 5.41) is 5.79.